The molecule has 2 aliphatic carbocycles. The molecule has 0 spiro atoms. The van der Waals surface area contributed by atoms with Crippen LogP contribution in [0.25, 0.3) is 0 Å². The molecule has 0 saturated heterocycles. The van der Waals surface area contributed by atoms with Gasteiger partial charge < -0.3 is 4.74 Å². The predicted octanol–water partition coefficient (Wildman–Crippen LogP) is 7.20. The van der Waals surface area contributed by atoms with Gasteiger partial charge in [-0.25, -0.2) is 4.39 Å². The number of alkyl halides is 1. The summed E-state index contributed by atoms with van der Waals surface area (Å²) in [7, 11) is 0. The minimum absolute atomic E-state index is 0.622. The van der Waals surface area contributed by atoms with Crippen molar-refractivity contribution in [2.45, 2.75) is 64.2 Å². The summed E-state index contributed by atoms with van der Waals surface area (Å²) in [5.41, 5.74) is 1.38. The molecule has 1 nitrogen and oxygen atoms in total. The number of benzene rings is 1. The first-order chi connectivity index (χ1) is 12.8. The van der Waals surface area contributed by atoms with Crippen molar-refractivity contribution in [3.8, 4) is 5.75 Å². The second-order valence-electron chi connectivity index (χ2n) is 8.02. The summed E-state index contributed by atoms with van der Waals surface area (Å²) in [5.74, 6) is 3.65. The molecule has 0 heterocycles. The highest BCUT2D eigenvalue weighted by atomic mass is 19.1. The number of ether oxygens (including phenoxy) is 1. The van der Waals surface area contributed by atoms with Crippen LogP contribution < -0.4 is 4.74 Å². The Balaban J connectivity index is 1.42. The lowest BCUT2D eigenvalue weighted by atomic mass is 9.77. The third-order valence-corrected chi connectivity index (χ3v) is 6.28. The third-order valence-electron chi connectivity index (χ3n) is 6.28. The van der Waals surface area contributed by atoms with Crippen LogP contribution in [0.1, 0.15) is 69.8 Å². The highest BCUT2D eigenvalue weighted by Gasteiger charge is 2.22. The number of halogens is 1. The lowest BCUT2D eigenvalue weighted by Crippen LogP contribution is -2.14. The molecule has 0 radical (unpaired) electrons. The van der Waals surface area contributed by atoms with Crippen LogP contribution in [0.4, 0.5) is 4.39 Å². The Bertz CT molecular complexity index is 573. The monoisotopic (exact) mass is 356 g/mol. The van der Waals surface area contributed by atoms with Crippen molar-refractivity contribution in [2.75, 3.05) is 6.86 Å². The van der Waals surface area contributed by atoms with Gasteiger partial charge in [0.15, 0.2) is 0 Å². The summed E-state index contributed by atoms with van der Waals surface area (Å²) in [5, 5.41) is 0. The van der Waals surface area contributed by atoms with Gasteiger partial charge in [0.1, 0.15) is 5.75 Å². The molecule has 0 atom stereocenters. The molecule has 26 heavy (non-hydrogen) atoms. The molecule has 0 bridgehead atoms. The molecule has 2 fully saturated rings. The summed E-state index contributed by atoms with van der Waals surface area (Å²) in [4.78, 5) is 0. The van der Waals surface area contributed by atoms with Crippen molar-refractivity contribution in [3.05, 3.63) is 54.1 Å². The Labute approximate surface area is 158 Å². The van der Waals surface area contributed by atoms with Crippen molar-refractivity contribution in [2.24, 2.45) is 17.8 Å². The highest BCUT2D eigenvalue weighted by Crippen LogP contribution is 2.37. The molecular formula is C24H33FO. The second-order valence-corrected chi connectivity index (χ2v) is 8.02. The fourth-order valence-corrected chi connectivity index (χ4v) is 4.66. The van der Waals surface area contributed by atoms with E-state index < -0.39 is 6.86 Å². The molecule has 2 heteroatoms. The van der Waals surface area contributed by atoms with E-state index in [0.717, 1.165) is 17.8 Å². The van der Waals surface area contributed by atoms with Gasteiger partial charge >= 0.3 is 0 Å². The Kier molecular flexibility index (Phi) is 7.34. The molecule has 0 unspecified atom stereocenters. The van der Waals surface area contributed by atoms with E-state index >= 15 is 0 Å². The molecule has 2 saturated carbocycles. The number of hydrogen-bond acceptors (Lipinski definition) is 1. The Morgan fingerprint density at radius 1 is 0.808 bits per heavy atom. The fourth-order valence-electron chi connectivity index (χ4n) is 4.66. The molecule has 2 aliphatic rings. The normalized spacial score (nSPS) is 30.1. The predicted molar refractivity (Wildman–Crippen MR) is 107 cm³/mol. The van der Waals surface area contributed by atoms with E-state index in [1.165, 1.54) is 56.9 Å². The highest BCUT2D eigenvalue weighted by molar-refractivity contribution is 5.29. The standard InChI is InChI=1S/C24H33FO/c1-2-3-19-4-6-20(7-5-19)8-9-21-10-12-22(13-11-21)23-14-16-24(17-15-23)26-18-25/h2-3,8-9,14-17,19-22H,4-7,10-13,18H2,1H3/b3-2+,9-8+. The quantitative estimate of drug-likeness (QED) is 0.489. The number of allylic oxidation sites excluding steroid dienone is 4. The largest absolute Gasteiger partial charge is 0.463 e. The Morgan fingerprint density at radius 3 is 1.81 bits per heavy atom. The van der Waals surface area contributed by atoms with Crippen LogP contribution in [0.2, 0.25) is 0 Å². The van der Waals surface area contributed by atoms with E-state index in [-0.39, 0.29) is 0 Å². The minimum Gasteiger partial charge on any atom is -0.463 e. The molecule has 0 aromatic heterocycles. The maximum atomic E-state index is 12.2. The van der Waals surface area contributed by atoms with Crippen LogP contribution >= 0.6 is 0 Å². The third kappa shape index (κ3) is 5.46. The topological polar surface area (TPSA) is 9.23 Å². The number of rotatable bonds is 6. The molecule has 0 aliphatic heterocycles. The van der Waals surface area contributed by atoms with Crippen LogP contribution in [0.15, 0.2) is 48.6 Å². The van der Waals surface area contributed by atoms with E-state index in [1.54, 1.807) is 0 Å². The molecule has 1 aromatic carbocycles. The Hall–Kier alpha value is -1.57. The maximum Gasteiger partial charge on any atom is 0.228 e. The van der Waals surface area contributed by atoms with Gasteiger partial charge in [-0.15, -0.1) is 0 Å². The second kappa shape index (κ2) is 9.94. The van der Waals surface area contributed by atoms with Gasteiger partial charge in [0, 0.05) is 0 Å². The summed E-state index contributed by atoms with van der Waals surface area (Å²) in [6.45, 7) is 1.38. The summed E-state index contributed by atoms with van der Waals surface area (Å²) in [6, 6.07) is 8.00. The number of hydrogen-bond donors (Lipinski definition) is 0. The summed E-state index contributed by atoms with van der Waals surface area (Å²) in [6.07, 6.45) is 20.2. The van der Waals surface area contributed by atoms with Gasteiger partial charge in [-0.05, 0) is 99.7 Å². The first-order valence-corrected chi connectivity index (χ1v) is 10.4. The average molecular weight is 357 g/mol. The van der Waals surface area contributed by atoms with E-state index in [0.29, 0.717) is 11.7 Å². The van der Waals surface area contributed by atoms with Crippen LogP contribution in [-0.4, -0.2) is 6.86 Å². The van der Waals surface area contributed by atoms with E-state index in [2.05, 4.69) is 43.4 Å². The first kappa shape index (κ1) is 19.2. The van der Waals surface area contributed by atoms with Gasteiger partial charge in [0.25, 0.3) is 0 Å². The van der Waals surface area contributed by atoms with E-state index in [1.807, 2.05) is 12.1 Å². The first-order valence-electron chi connectivity index (χ1n) is 10.4. The van der Waals surface area contributed by atoms with Crippen molar-refractivity contribution in [1.29, 1.82) is 0 Å². The Morgan fingerprint density at radius 2 is 1.31 bits per heavy atom. The van der Waals surface area contributed by atoms with E-state index in [4.69, 9.17) is 4.74 Å². The molecule has 1 aromatic rings. The zero-order valence-electron chi connectivity index (χ0n) is 16.1. The smallest absolute Gasteiger partial charge is 0.228 e. The van der Waals surface area contributed by atoms with E-state index in [9.17, 15) is 4.39 Å². The van der Waals surface area contributed by atoms with Crippen molar-refractivity contribution < 1.29 is 9.13 Å². The van der Waals surface area contributed by atoms with Crippen molar-refractivity contribution in [3.63, 3.8) is 0 Å². The molecule has 142 valence electrons. The van der Waals surface area contributed by atoms with Crippen LogP contribution in [0.3, 0.4) is 0 Å². The summed E-state index contributed by atoms with van der Waals surface area (Å²) < 4.78 is 17.1. The zero-order chi connectivity index (χ0) is 18.2. The van der Waals surface area contributed by atoms with Crippen LogP contribution in [0, 0.1) is 17.8 Å². The lowest BCUT2D eigenvalue weighted by molar-refractivity contribution is 0.191. The minimum atomic E-state index is -0.756. The van der Waals surface area contributed by atoms with Gasteiger partial charge in [-0.3, -0.25) is 0 Å². The molecule has 0 N–H and O–H groups in total. The molecule has 0 amide bonds. The van der Waals surface area contributed by atoms with Gasteiger partial charge in [-0.1, -0.05) is 36.4 Å². The SMILES string of the molecule is C/C=C/C1CCC(/C=C/C2CCC(c3ccc(OCF)cc3)CC2)CC1. The average Bonchev–Trinajstić information content (AvgIpc) is 2.69. The molecular weight excluding hydrogens is 323 g/mol. The van der Waals surface area contributed by atoms with Crippen molar-refractivity contribution >= 4 is 0 Å². The van der Waals surface area contributed by atoms with Gasteiger partial charge in [0.05, 0.1) is 0 Å². The van der Waals surface area contributed by atoms with Crippen molar-refractivity contribution in [1.82, 2.24) is 0 Å². The maximum absolute atomic E-state index is 12.2. The summed E-state index contributed by atoms with van der Waals surface area (Å²) >= 11 is 0. The lowest BCUT2D eigenvalue weighted by Gasteiger charge is -2.28. The fraction of sp³-hybridized carbons (Fsp3) is 0.583. The zero-order valence-corrected chi connectivity index (χ0v) is 16.1. The van der Waals surface area contributed by atoms with Gasteiger partial charge in [-0.2, -0.15) is 0 Å². The molecule has 3 rings (SSSR count). The van der Waals surface area contributed by atoms with Crippen LogP contribution in [0.5, 0.6) is 5.75 Å². The van der Waals surface area contributed by atoms with Gasteiger partial charge in [0.2, 0.25) is 6.86 Å². The van der Waals surface area contributed by atoms with Crippen LogP contribution in [-0.2, 0) is 0 Å².